The molecule has 0 spiro atoms. The minimum atomic E-state index is -5.13. The first-order valence-corrected chi connectivity index (χ1v) is 21.9. The second-order valence-corrected chi connectivity index (χ2v) is 17.0. The van der Waals surface area contributed by atoms with Crippen molar-refractivity contribution in [1.82, 2.24) is 10.2 Å². The van der Waals surface area contributed by atoms with Crippen LogP contribution in [0.4, 0.5) is 22.7 Å². The van der Waals surface area contributed by atoms with E-state index < -0.39 is 67.7 Å². The number of hydrogen-bond acceptors (Lipinski definition) is 14. The van der Waals surface area contributed by atoms with Gasteiger partial charge in [-0.2, -0.15) is 16.8 Å². The number of imide groups is 1. The number of hydrazine groups is 1. The fourth-order valence-electron chi connectivity index (χ4n) is 6.85. The normalized spacial score (nSPS) is 13.4. The summed E-state index contributed by atoms with van der Waals surface area (Å²) in [6, 6.07) is 17.3. The van der Waals surface area contributed by atoms with Gasteiger partial charge in [0.05, 0.1) is 38.2 Å². The predicted molar refractivity (Wildman–Crippen MR) is 225 cm³/mol. The van der Waals surface area contributed by atoms with Crippen molar-refractivity contribution in [1.29, 1.82) is 5.41 Å². The van der Waals surface area contributed by atoms with Crippen LogP contribution in [0.15, 0.2) is 109 Å². The van der Waals surface area contributed by atoms with E-state index in [1.807, 2.05) is 19.2 Å². The van der Waals surface area contributed by atoms with Crippen LogP contribution in [-0.2, 0) is 34.6 Å². The highest BCUT2D eigenvalue weighted by Crippen LogP contribution is 2.28. The van der Waals surface area contributed by atoms with E-state index in [-0.39, 0.29) is 47.3 Å². The third kappa shape index (κ3) is 10.2. The average molecular weight is 872 g/mol. The Bertz CT molecular complexity index is 3080. The lowest BCUT2D eigenvalue weighted by molar-refractivity contribution is -0.137. The highest BCUT2D eigenvalue weighted by molar-refractivity contribution is 7.86. The van der Waals surface area contributed by atoms with Crippen molar-refractivity contribution in [3.63, 3.8) is 0 Å². The van der Waals surface area contributed by atoms with Crippen molar-refractivity contribution in [3.05, 3.63) is 127 Å². The van der Waals surface area contributed by atoms with E-state index in [0.29, 0.717) is 18.2 Å². The Morgan fingerprint density at radius 2 is 1.31 bits per heavy atom. The molecule has 0 saturated heterocycles. The van der Waals surface area contributed by atoms with Crippen LogP contribution in [-0.4, -0.2) is 75.2 Å². The minimum absolute atomic E-state index is 0.0509. The second-order valence-electron chi connectivity index (χ2n) is 14.2. The summed E-state index contributed by atoms with van der Waals surface area (Å²) in [4.78, 5) is 67.9. The van der Waals surface area contributed by atoms with Crippen LogP contribution in [0.25, 0.3) is 10.8 Å². The molecule has 61 heavy (non-hydrogen) atoms. The van der Waals surface area contributed by atoms with Crippen molar-refractivity contribution < 1.29 is 40.3 Å². The van der Waals surface area contributed by atoms with Gasteiger partial charge in [0.25, 0.3) is 32.1 Å². The largest absolute Gasteiger partial charge is 0.375 e. The van der Waals surface area contributed by atoms with Gasteiger partial charge >= 0.3 is 0 Å². The van der Waals surface area contributed by atoms with Crippen molar-refractivity contribution >= 4 is 71.5 Å². The van der Waals surface area contributed by atoms with Crippen LogP contribution in [0.1, 0.15) is 38.5 Å². The molecule has 3 aromatic carbocycles. The first-order chi connectivity index (χ1) is 28.9. The summed E-state index contributed by atoms with van der Waals surface area (Å²) in [6.07, 6.45) is 7.26. The number of nitrogens with zero attached hydrogens (tertiary/aromatic N) is 3. The molecule has 1 aliphatic heterocycles. The molecule has 0 fully saturated rings. The quantitative estimate of drug-likeness (QED) is 0.0320. The Morgan fingerprint density at radius 1 is 0.738 bits per heavy atom. The van der Waals surface area contributed by atoms with Crippen molar-refractivity contribution in [2.75, 3.05) is 42.4 Å². The van der Waals surface area contributed by atoms with Gasteiger partial charge in [0, 0.05) is 61.7 Å². The van der Waals surface area contributed by atoms with Crippen LogP contribution in [0, 0.1) is 15.8 Å². The molecule has 318 valence electrons. The lowest BCUT2D eigenvalue weighted by Gasteiger charge is -2.20. The second kappa shape index (κ2) is 18.3. The fraction of sp³-hybridized carbons (Fsp3) is 0.244. The zero-order chi connectivity index (χ0) is 44.1. The summed E-state index contributed by atoms with van der Waals surface area (Å²) in [7, 11) is -8.17. The monoisotopic (exact) mass is 871 g/mol. The van der Waals surface area contributed by atoms with E-state index >= 15 is 0 Å². The number of benzene rings is 3. The standard InChI is InChI=1S/C41H41N7O11S2/c1-47(21-8-4-2-3-5-11-34(49)43-20-22-48-35(50)18-19-36(48)51)27-15-12-25(13-16-27)45-46-26-14-17-30(32(23-26)60(54,55)56)44-31-24-33(61(57,58)59)39(42)38-37(31)40(52)28-9-6-7-10-29(28)41(38)53/h6-7,9-10,12-19,23-24,42,45-46H,2-5,8,11,20-22H2,1H3,(H,43,49)(H,54,55,56)(H,57,58,59). The first-order valence-electron chi connectivity index (χ1n) is 19.0. The van der Waals surface area contributed by atoms with Crippen LogP contribution >= 0.6 is 0 Å². The summed E-state index contributed by atoms with van der Waals surface area (Å²) in [5, 5.41) is 8.43. The summed E-state index contributed by atoms with van der Waals surface area (Å²) >= 11 is 0. The maximum atomic E-state index is 13.6. The maximum absolute atomic E-state index is 13.6. The van der Waals surface area contributed by atoms with Gasteiger partial charge in [0.1, 0.15) is 9.79 Å². The Hall–Kier alpha value is -6.61. The molecule has 0 radical (unpaired) electrons. The minimum Gasteiger partial charge on any atom is -0.375 e. The summed E-state index contributed by atoms with van der Waals surface area (Å²) in [5.74, 6) is -0.872. The Balaban J connectivity index is 1.07. The van der Waals surface area contributed by atoms with E-state index in [1.165, 1.54) is 48.6 Å². The molecule has 3 amide bonds. The number of rotatable bonds is 18. The number of carbonyl (C=O) groups is 3. The van der Waals surface area contributed by atoms with Crippen LogP contribution < -0.4 is 42.6 Å². The Labute approximate surface area is 348 Å². The first kappa shape index (κ1) is 44.0. The third-order valence-electron chi connectivity index (χ3n) is 10.0. The van der Waals surface area contributed by atoms with Gasteiger partial charge < -0.3 is 21.1 Å². The highest BCUT2D eigenvalue weighted by Gasteiger charge is 2.23. The van der Waals surface area contributed by atoms with Crippen molar-refractivity contribution in [3.8, 4) is 0 Å². The number of unbranched alkanes of at least 4 members (excludes halogenated alkanes) is 4. The molecule has 18 nitrogen and oxygen atoms in total. The van der Waals surface area contributed by atoms with Gasteiger partial charge in [0.15, 0.2) is 10.9 Å². The molecule has 20 heteroatoms. The zero-order valence-electron chi connectivity index (χ0n) is 32.7. The maximum Gasteiger partial charge on any atom is 0.296 e. The van der Waals surface area contributed by atoms with Gasteiger partial charge in [0.2, 0.25) is 5.91 Å². The molecular weight excluding hydrogens is 831 g/mol. The number of nitrogens with one attached hydrogen (secondary N) is 4. The Kier molecular flexibility index (Phi) is 13.2. The number of hydrogen-bond donors (Lipinski definition) is 6. The van der Waals surface area contributed by atoms with Gasteiger partial charge in [-0.05, 0) is 61.4 Å². The molecule has 3 aliphatic rings. The summed E-state index contributed by atoms with van der Waals surface area (Å²) < 4.78 is 69.8. The molecule has 6 rings (SSSR count). The third-order valence-corrected chi connectivity index (χ3v) is 11.8. The molecule has 0 aromatic heterocycles. The van der Waals surface area contributed by atoms with E-state index in [4.69, 9.17) is 5.41 Å². The predicted octanol–water partition coefficient (Wildman–Crippen LogP) is 2.62. The molecule has 0 atom stereocenters. The number of amides is 3. The Morgan fingerprint density at radius 3 is 1.95 bits per heavy atom. The number of fused-ring (bicyclic) bond motifs is 1. The van der Waals surface area contributed by atoms with E-state index in [2.05, 4.69) is 26.1 Å². The summed E-state index contributed by atoms with van der Waals surface area (Å²) in [5.41, 5.74) is 5.38. The van der Waals surface area contributed by atoms with Crippen molar-refractivity contribution in [2.24, 2.45) is 4.99 Å². The lowest BCUT2D eigenvalue weighted by Crippen LogP contribution is -2.38. The van der Waals surface area contributed by atoms with Crippen LogP contribution in [0.2, 0.25) is 0 Å². The van der Waals surface area contributed by atoms with Gasteiger partial charge in [-0.1, -0.05) is 43.5 Å². The molecule has 6 N–H and O–H groups in total. The SMILES string of the molecule is CN(CCCCCCCC(=O)NCCN1C(=O)C=CC1=O)c1ccc(NNc2ccc(N=c3cc(S(=O)(=O)O)c(=N)c4c(=O)c5ccccc5c(=O)c3=4)c(S(=O)(=O)O)c2)cc1. The average Bonchev–Trinajstić information content (AvgIpc) is 3.54. The van der Waals surface area contributed by atoms with E-state index in [0.717, 1.165) is 55.3 Å². The van der Waals surface area contributed by atoms with Gasteiger partial charge in [-0.15, -0.1) is 0 Å². The molecule has 0 saturated carbocycles. The lowest BCUT2D eigenvalue weighted by atomic mass is 10.0. The zero-order valence-corrected chi connectivity index (χ0v) is 34.3. The van der Waals surface area contributed by atoms with Crippen molar-refractivity contribution in [2.45, 2.75) is 48.3 Å². The topological polar surface area (TPSA) is 273 Å². The fourth-order valence-corrected chi connectivity index (χ4v) is 8.12. The number of carbonyl (C=O) groups excluding carboxylic acids is 3. The molecule has 0 unspecified atom stereocenters. The number of anilines is 3. The van der Waals surface area contributed by atoms with E-state index in [9.17, 15) is 49.9 Å². The van der Waals surface area contributed by atoms with E-state index in [1.54, 1.807) is 12.1 Å². The van der Waals surface area contributed by atoms with Crippen LogP contribution in [0.5, 0.6) is 0 Å². The molecule has 1 heterocycles. The van der Waals surface area contributed by atoms with Gasteiger partial charge in [-0.25, -0.2) is 4.99 Å². The molecule has 2 aliphatic carbocycles. The molecule has 0 bridgehead atoms. The smallest absolute Gasteiger partial charge is 0.296 e. The van der Waals surface area contributed by atoms with Gasteiger partial charge in [-0.3, -0.25) is 43.4 Å². The highest BCUT2D eigenvalue weighted by atomic mass is 32.2. The molecular formula is C41H41N7O11S2. The van der Waals surface area contributed by atoms with Crippen LogP contribution in [0.3, 0.4) is 0 Å². The molecule has 3 aromatic rings. The summed E-state index contributed by atoms with van der Waals surface area (Å²) in [6.45, 7) is 1.15.